The lowest BCUT2D eigenvalue weighted by atomic mass is 10.1. The van der Waals surface area contributed by atoms with Crippen molar-refractivity contribution >= 4 is 46.4 Å². The number of anilines is 1. The molecule has 0 spiro atoms. The number of amides is 1. The minimum atomic E-state index is -0.382. The van der Waals surface area contributed by atoms with Crippen LogP contribution in [0.5, 0.6) is 11.5 Å². The molecule has 1 amide bonds. The molecule has 3 aromatic rings. The normalized spacial score (nSPS) is 10.6. The van der Waals surface area contributed by atoms with Crippen LogP contribution in [0.25, 0.3) is 0 Å². The Labute approximate surface area is 190 Å². The van der Waals surface area contributed by atoms with Crippen LogP contribution in [0.2, 0.25) is 15.1 Å². The molecule has 30 heavy (non-hydrogen) atoms. The number of carbonyl (C=O) groups is 1. The van der Waals surface area contributed by atoms with Gasteiger partial charge in [-0.05, 0) is 49.7 Å². The number of carbonyl (C=O) groups excluding carboxylic acids is 1. The summed E-state index contributed by atoms with van der Waals surface area (Å²) in [6.07, 6.45) is 0. The van der Waals surface area contributed by atoms with E-state index < -0.39 is 0 Å². The van der Waals surface area contributed by atoms with Crippen molar-refractivity contribution in [3.63, 3.8) is 0 Å². The maximum Gasteiger partial charge on any atom is 0.255 e. The van der Waals surface area contributed by atoms with Crippen LogP contribution in [0.15, 0.2) is 54.6 Å². The molecular weight excluding hydrogens is 445 g/mol. The highest BCUT2D eigenvalue weighted by Gasteiger charge is 2.17. The Bertz CT molecular complexity index is 1050. The number of halogens is 3. The van der Waals surface area contributed by atoms with Gasteiger partial charge in [-0.1, -0.05) is 64.6 Å². The van der Waals surface area contributed by atoms with Crippen LogP contribution in [0.4, 0.5) is 5.69 Å². The molecule has 0 fully saturated rings. The Hall–Kier alpha value is -2.40. The molecule has 7 heteroatoms. The highest BCUT2D eigenvalue weighted by atomic mass is 35.5. The third kappa shape index (κ3) is 5.60. The first-order chi connectivity index (χ1) is 14.4. The Balaban J connectivity index is 1.82. The highest BCUT2D eigenvalue weighted by Crippen LogP contribution is 2.37. The molecule has 0 bridgehead atoms. The predicted molar refractivity (Wildman–Crippen MR) is 123 cm³/mol. The second-order valence-corrected chi connectivity index (χ2v) is 7.82. The van der Waals surface area contributed by atoms with Crippen molar-refractivity contribution in [2.45, 2.75) is 20.5 Å². The lowest BCUT2D eigenvalue weighted by Gasteiger charge is -2.16. The Kier molecular flexibility index (Phi) is 7.48. The molecule has 3 rings (SSSR count). The van der Waals surface area contributed by atoms with E-state index in [1.54, 1.807) is 24.3 Å². The number of hydrogen-bond acceptors (Lipinski definition) is 3. The topological polar surface area (TPSA) is 47.6 Å². The summed E-state index contributed by atoms with van der Waals surface area (Å²) in [6.45, 7) is 4.59. The van der Waals surface area contributed by atoms with E-state index in [0.29, 0.717) is 46.0 Å². The third-order valence-electron chi connectivity index (χ3n) is 4.25. The van der Waals surface area contributed by atoms with Crippen molar-refractivity contribution < 1.29 is 14.3 Å². The lowest BCUT2D eigenvalue weighted by molar-refractivity contribution is 0.102. The molecule has 0 saturated heterocycles. The van der Waals surface area contributed by atoms with E-state index in [1.165, 1.54) is 11.6 Å². The fourth-order valence-corrected chi connectivity index (χ4v) is 3.45. The molecule has 0 aromatic heterocycles. The fourth-order valence-electron chi connectivity index (χ4n) is 2.73. The summed E-state index contributed by atoms with van der Waals surface area (Å²) in [5.41, 5.74) is 2.93. The number of hydrogen-bond donors (Lipinski definition) is 1. The molecule has 0 saturated carbocycles. The number of benzene rings is 3. The molecule has 156 valence electrons. The van der Waals surface area contributed by atoms with Crippen molar-refractivity contribution in [1.29, 1.82) is 0 Å². The van der Waals surface area contributed by atoms with Crippen LogP contribution in [0, 0.1) is 6.92 Å². The van der Waals surface area contributed by atoms with Gasteiger partial charge in [0.2, 0.25) is 0 Å². The quantitative estimate of drug-likeness (QED) is 0.402. The van der Waals surface area contributed by atoms with Gasteiger partial charge in [0.25, 0.3) is 5.91 Å². The van der Waals surface area contributed by atoms with Crippen LogP contribution < -0.4 is 14.8 Å². The van der Waals surface area contributed by atoms with Gasteiger partial charge in [0.15, 0.2) is 11.5 Å². The zero-order chi connectivity index (χ0) is 21.7. The average molecular weight is 465 g/mol. The molecule has 0 aliphatic carbocycles. The Morgan fingerprint density at radius 3 is 2.33 bits per heavy atom. The summed E-state index contributed by atoms with van der Waals surface area (Å²) >= 11 is 18.5. The summed E-state index contributed by atoms with van der Waals surface area (Å²) in [5.74, 6) is 0.400. The van der Waals surface area contributed by atoms with Crippen LogP contribution in [-0.2, 0) is 6.61 Å². The first-order valence-corrected chi connectivity index (χ1v) is 10.4. The molecule has 0 radical (unpaired) electrons. The number of ether oxygens (including phenoxy) is 2. The SMILES string of the molecule is CCOc1cc(C(=O)Nc2ccc(Cl)cc2Cl)cc(Cl)c1OCc1ccc(C)cc1. The minimum Gasteiger partial charge on any atom is -0.490 e. The van der Waals surface area contributed by atoms with Crippen molar-refractivity contribution in [1.82, 2.24) is 0 Å². The van der Waals surface area contributed by atoms with Gasteiger partial charge < -0.3 is 14.8 Å². The zero-order valence-electron chi connectivity index (χ0n) is 16.5. The first-order valence-electron chi connectivity index (χ1n) is 9.28. The molecule has 0 heterocycles. The Morgan fingerprint density at radius 1 is 0.933 bits per heavy atom. The van der Waals surface area contributed by atoms with E-state index in [-0.39, 0.29) is 10.9 Å². The van der Waals surface area contributed by atoms with E-state index in [9.17, 15) is 4.79 Å². The van der Waals surface area contributed by atoms with Crippen molar-refractivity contribution in [3.8, 4) is 11.5 Å². The van der Waals surface area contributed by atoms with E-state index in [4.69, 9.17) is 44.3 Å². The van der Waals surface area contributed by atoms with E-state index in [0.717, 1.165) is 5.56 Å². The average Bonchev–Trinajstić information content (AvgIpc) is 2.70. The van der Waals surface area contributed by atoms with E-state index in [2.05, 4.69) is 5.32 Å². The van der Waals surface area contributed by atoms with Gasteiger partial charge in [-0.15, -0.1) is 0 Å². The van der Waals surface area contributed by atoms with Crippen molar-refractivity contribution in [2.75, 3.05) is 11.9 Å². The van der Waals surface area contributed by atoms with E-state index >= 15 is 0 Å². The number of aryl methyl sites for hydroxylation is 1. The van der Waals surface area contributed by atoms with Crippen molar-refractivity contribution in [2.24, 2.45) is 0 Å². The number of nitrogens with one attached hydrogen (secondary N) is 1. The molecule has 0 unspecified atom stereocenters. The van der Waals surface area contributed by atoms with Crippen LogP contribution >= 0.6 is 34.8 Å². The van der Waals surface area contributed by atoms with Gasteiger partial charge in [0.1, 0.15) is 6.61 Å². The van der Waals surface area contributed by atoms with Gasteiger partial charge in [0, 0.05) is 10.6 Å². The zero-order valence-corrected chi connectivity index (χ0v) is 18.7. The standard InChI is InChI=1S/C23H20Cl3NO3/c1-3-29-21-11-16(23(28)27-20-9-8-17(24)12-18(20)25)10-19(26)22(21)30-13-15-6-4-14(2)5-7-15/h4-12H,3,13H2,1-2H3,(H,27,28). The molecule has 1 N–H and O–H groups in total. The largest absolute Gasteiger partial charge is 0.490 e. The van der Waals surface area contributed by atoms with Crippen LogP contribution in [-0.4, -0.2) is 12.5 Å². The fraction of sp³-hybridized carbons (Fsp3) is 0.174. The van der Waals surface area contributed by atoms with Gasteiger partial charge in [0.05, 0.1) is 22.3 Å². The van der Waals surface area contributed by atoms with Crippen LogP contribution in [0.3, 0.4) is 0 Å². The molecular formula is C23H20Cl3NO3. The monoisotopic (exact) mass is 463 g/mol. The molecule has 3 aromatic carbocycles. The van der Waals surface area contributed by atoms with Crippen LogP contribution in [0.1, 0.15) is 28.4 Å². The van der Waals surface area contributed by atoms with Crippen molar-refractivity contribution in [3.05, 3.63) is 86.4 Å². The Morgan fingerprint density at radius 2 is 1.67 bits per heavy atom. The summed E-state index contributed by atoms with van der Waals surface area (Å²) < 4.78 is 11.6. The maximum atomic E-state index is 12.7. The van der Waals surface area contributed by atoms with Gasteiger partial charge >= 0.3 is 0 Å². The van der Waals surface area contributed by atoms with Gasteiger partial charge in [-0.3, -0.25) is 4.79 Å². The minimum absolute atomic E-state index is 0.278. The summed E-state index contributed by atoms with van der Waals surface area (Å²) in [7, 11) is 0. The smallest absolute Gasteiger partial charge is 0.255 e. The lowest BCUT2D eigenvalue weighted by Crippen LogP contribution is -2.13. The highest BCUT2D eigenvalue weighted by molar-refractivity contribution is 6.37. The summed E-state index contributed by atoms with van der Waals surface area (Å²) in [4.78, 5) is 12.7. The molecule has 0 atom stereocenters. The second-order valence-electron chi connectivity index (χ2n) is 6.57. The summed E-state index contributed by atoms with van der Waals surface area (Å²) in [5, 5.41) is 3.85. The molecule has 4 nitrogen and oxygen atoms in total. The number of rotatable bonds is 7. The second kappa shape index (κ2) is 10.1. The molecule has 0 aliphatic rings. The molecule has 0 aliphatic heterocycles. The maximum absolute atomic E-state index is 12.7. The third-order valence-corrected chi connectivity index (χ3v) is 5.08. The first kappa shape index (κ1) is 22.3. The summed E-state index contributed by atoms with van der Waals surface area (Å²) in [6, 6.07) is 16.0. The predicted octanol–water partition coefficient (Wildman–Crippen LogP) is 7.19. The van der Waals surface area contributed by atoms with E-state index in [1.807, 2.05) is 38.1 Å². The van der Waals surface area contributed by atoms with Gasteiger partial charge in [-0.25, -0.2) is 0 Å². The van der Waals surface area contributed by atoms with Gasteiger partial charge in [-0.2, -0.15) is 0 Å².